The number of thioether (sulfide) groups is 1. The minimum Gasteiger partial charge on any atom is -0.464 e. The summed E-state index contributed by atoms with van der Waals surface area (Å²) < 4.78 is 10.6. The third-order valence-electron chi connectivity index (χ3n) is 3.70. The van der Waals surface area contributed by atoms with Gasteiger partial charge in [-0.3, -0.25) is 4.79 Å². The Morgan fingerprint density at radius 2 is 2.00 bits per heavy atom. The van der Waals surface area contributed by atoms with Crippen molar-refractivity contribution in [1.82, 2.24) is 0 Å². The fraction of sp³-hybridized carbons (Fsp3) is 0.200. The molecule has 2 aromatic heterocycles. The topological polar surface area (TPSA) is 68.5 Å². The molecule has 0 atom stereocenters. The zero-order valence-corrected chi connectivity index (χ0v) is 16.6. The molecule has 3 rings (SSSR count). The van der Waals surface area contributed by atoms with Crippen molar-refractivity contribution < 1.29 is 18.7 Å². The van der Waals surface area contributed by atoms with Gasteiger partial charge in [0, 0.05) is 15.8 Å². The average molecular weight is 402 g/mol. The molecule has 0 radical (unpaired) electrons. The third kappa shape index (κ3) is 4.81. The van der Waals surface area contributed by atoms with Gasteiger partial charge in [0.1, 0.15) is 16.3 Å². The summed E-state index contributed by atoms with van der Waals surface area (Å²) in [7, 11) is 0. The first-order valence-electron chi connectivity index (χ1n) is 8.40. The average Bonchev–Trinajstić information content (AvgIpc) is 3.31. The van der Waals surface area contributed by atoms with Crippen LogP contribution in [0.3, 0.4) is 0 Å². The molecule has 0 aliphatic heterocycles. The van der Waals surface area contributed by atoms with E-state index < -0.39 is 5.97 Å². The van der Waals surface area contributed by atoms with Crippen LogP contribution in [0.5, 0.6) is 0 Å². The van der Waals surface area contributed by atoms with Crippen LogP contribution in [0.2, 0.25) is 0 Å². The zero-order chi connectivity index (χ0) is 19.2. The van der Waals surface area contributed by atoms with E-state index >= 15 is 0 Å². The number of esters is 1. The van der Waals surface area contributed by atoms with Gasteiger partial charge in [0.05, 0.1) is 18.6 Å². The van der Waals surface area contributed by atoms with Gasteiger partial charge in [0.15, 0.2) is 0 Å². The van der Waals surface area contributed by atoms with Crippen LogP contribution < -0.4 is 5.32 Å². The Morgan fingerprint density at radius 1 is 1.22 bits per heavy atom. The van der Waals surface area contributed by atoms with Crippen LogP contribution in [0.4, 0.5) is 5.00 Å². The lowest BCUT2D eigenvalue weighted by molar-refractivity contribution is -0.113. The molecule has 0 fully saturated rings. The number of hydrogen-bond donors (Lipinski definition) is 1. The van der Waals surface area contributed by atoms with E-state index in [-0.39, 0.29) is 18.3 Å². The second-order valence-electron chi connectivity index (χ2n) is 5.70. The molecule has 1 N–H and O–H groups in total. The molecule has 0 aliphatic rings. The van der Waals surface area contributed by atoms with Crippen molar-refractivity contribution in [2.24, 2.45) is 0 Å². The Hall–Kier alpha value is -2.51. The number of thiophene rings is 1. The standard InChI is InChI=1S/C20H19NO4S2/c1-3-24-20(23)18-15(16-5-4-10-25-16)11-27-19(18)21-17(22)12-26-14-8-6-13(2)7-9-14/h4-11H,3,12H2,1-2H3,(H,21,22). The van der Waals surface area contributed by atoms with Crippen molar-refractivity contribution in [3.8, 4) is 11.3 Å². The van der Waals surface area contributed by atoms with Gasteiger partial charge in [-0.2, -0.15) is 0 Å². The van der Waals surface area contributed by atoms with Crippen LogP contribution in [0.1, 0.15) is 22.8 Å². The highest BCUT2D eigenvalue weighted by atomic mass is 32.2. The molecule has 1 amide bonds. The van der Waals surface area contributed by atoms with Crippen molar-refractivity contribution in [2.75, 3.05) is 17.7 Å². The minimum atomic E-state index is -0.480. The van der Waals surface area contributed by atoms with Crippen molar-refractivity contribution in [3.05, 3.63) is 59.2 Å². The Balaban J connectivity index is 1.74. The summed E-state index contributed by atoms with van der Waals surface area (Å²) in [6.45, 7) is 4.02. The van der Waals surface area contributed by atoms with Gasteiger partial charge < -0.3 is 14.5 Å². The summed E-state index contributed by atoms with van der Waals surface area (Å²) in [5, 5.41) is 5.08. The summed E-state index contributed by atoms with van der Waals surface area (Å²) in [6, 6.07) is 11.5. The van der Waals surface area contributed by atoms with Gasteiger partial charge in [-0.25, -0.2) is 4.79 Å². The van der Waals surface area contributed by atoms with E-state index in [0.717, 1.165) is 4.90 Å². The molecule has 0 spiro atoms. The van der Waals surface area contributed by atoms with Gasteiger partial charge in [0.2, 0.25) is 5.91 Å². The lowest BCUT2D eigenvalue weighted by Crippen LogP contribution is -2.16. The maximum atomic E-state index is 12.4. The smallest absolute Gasteiger partial charge is 0.341 e. The van der Waals surface area contributed by atoms with E-state index in [1.165, 1.54) is 28.7 Å². The second kappa shape index (κ2) is 8.92. The maximum absolute atomic E-state index is 12.4. The third-order valence-corrected chi connectivity index (χ3v) is 5.61. The molecule has 0 saturated carbocycles. The van der Waals surface area contributed by atoms with E-state index in [4.69, 9.17) is 9.15 Å². The number of amides is 1. The Morgan fingerprint density at radius 3 is 2.67 bits per heavy atom. The summed E-state index contributed by atoms with van der Waals surface area (Å²) in [5.41, 5.74) is 2.11. The molecule has 0 saturated heterocycles. The molecule has 7 heteroatoms. The summed E-state index contributed by atoms with van der Waals surface area (Å²) in [6.07, 6.45) is 1.54. The Bertz CT molecular complexity index is 914. The molecule has 3 aromatic rings. The SMILES string of the molecule is CCOC(=O)c1c(-c2ccco2)csc1NC(=O)CSc1ccc(C)cc1. The first-order chi connectivity index (χ1) is 13.1. The predicted molar refractivity (Wildman–Crippen MR) is 109 cm³/mol. The Labute approximate surface area is 165 Å². The van der Waals surface area contributed by atoms with E-state index in [2.05, 4.69) is 5.32 Å². The van der Waals surface area contributed by atoms with Crippen LogP contribution >= 0.6 is 23.1 Å². The van der Waals surface area contributed by atoms with E-state index in [1.54, 1.807) is 30.7 Å². The van der Waals surface area contributed by atoms with Crippen LogP contribution in [0.15, 0.2) is 57.4 Å². The highest BCUT2D eigenvalue weighted by Crippen LogP contribution is 2.36. The molecule has 140 valence electrons. The number of ether oxygens (including phenoxy) is 1. The lowest BCUT2D eigenvalue weighted by Gasteiger charge is -2.08. The number of aryl methyl sites for hydroxylation is 1. The highest BCUT2D eigenvalue weighted by molar-refractivity contribution is 8.00. The van der Waals surface area contributed by atoms with Crippen LogP contribution in [0, 0.1) is 6.92 Å². The zero-order valence-electron chi connectivity index (χ0n) is 15.0. The van der Waals surface area contributed by atoms with Gasteiger partial charge in [-0.15, -0.1) is 23.1 Å². The lowest BCUT2D eigenvalue weighted by atomic mass is 10.1. The number of benzene rings is 1. The second-order valence-corrected chi connectivity index (χ2v) is 7.63. The molecule has 27 heavy (non-hydrogen) atoms. The summed E-state index contributed by atoms with van der Waals surface area (Å²) >= 11 is 2.72. The summed E-state index contributed by atoms with van der Waals surface area (Å²) in [4.78, 5) is 25.8. The molecule has 2 heterocycles. The van der Waals surface area contributed by atoms with Crippen LogP contribution in [-0.4, -0.2) is 24.2 Å². The number of furan rings is 1. The first-order valence-corrected chi connectivity index (χ1v) is 10.3. The number of carbonyl (C=O) groups excluding carboxylic acids is 2. The van der Waals surface area contributed by atoms with Gasteiger partial charge in [-0.1, -0.05) is 17.7 Å². The van der Waals surface area contributed by atoms with Crippen LogP contribution in [0.25, 0.3) is 11.3 Å². The number of carbonyl (C=O) groups is 2. The maximum Gasteiger partial charge on any atom is 0.341 e. The molecule has 0 aliphatic carbocycles. The monoisotopic (exact) mass is 401 g/mol. The quantitative estimate of drug-likeness (QED) is 0.434. The van der Waals surface area contributed by atoms with Gasteiger partial charge in [0.25, 0.3) is 0 Å². The van der Waals surface area contributed by atoms with Crippen molar-refractivity contribution in [2.45, 2.75) is 18.7 Å². The van der Waals surface area contributed by atoms with Crippen molar-refractivity contribution >= 4 is 40.0 Å². The molecular weight excluding hydrogens is 382 g/mol. The molecule has 0 bridgehead atoms. The largest absolute Gasteiger partial charge is 0.464 e. The Kier molecular flexibility index (Phi) is 6.36. The molecule has 0 unspecified atom stereocenters. The molecule has 5 nitrogen and oxygen atoms in total. The molecule has 1 aromatic carbocycles. The van der Waals surface area contributed by atoms with Crippen LogP contribution in [-0.2, 0) is 9.53 Å². The predicted octanol–water partition coefficient (Wildman–Crippen LogP) is 5.22. The van der Waals surface area contributed by atoms with E-state index in [9.17, 15) is 9.59 Å². The summed E-state index contributed by atoms with van der Waals surface area (Å²) in [5.74, 6) is 0.147. The van der Waals surface area contributed by atoms with Gasteiger partial charge in [-0.05, 0) is 38.1 Å². The van der Waals surface area contributed by atoms with E-state index in [0.29, 0.717) is 21.9 Å². The highest BCUT2D eigenvalue weighted by Gasteiger charge is 2.24. The normalized spacial score (nSPS) is 10.6. The molecular formula is C20H19NO4S2. The number of rotatable bonds is 7. The first kappa shape index (κ1) is 19.3. The number of anilines is 1. The van der Waals surface area contributed by atoms with Gasteiger partial charge >= 0.3 is 5.97 Å². The minimum absolute atomic E-state index is 0.182. The number of nitrogens with one attached hydrogen (secondary N) is 1. The van der Waals surface area contributed by atoms with Crippen molar-refractivity contribution in [3.63, 3.8) is 0 Å². The van der Waals surface area contributed by atoms with E-state index in [1.807, 2.05) is 31.2 Å². The number of hydrogen-bond acceptors (Lipinski definition) is 6. The fourth-order valence-electron chi connectivity index (χ4n) is 2.42. The fourth-order valence-corrected chi connectivity index (χ4v) is 4.07. The van der Waals surface area contributed by atoms with Crippen molar-refractivity contribution in [1.29, 1.82) is 0 Å².